The molecule has 2 N–H and O–H groups in total. The molecule has 0 atom stereocenters. The van der Waals surface area contributed by atoms with Crippen molar-refractivity contribution in [2.75, 3.05) is 0 Å². The lowest BCUT2D eigenvalue weighted by Crippen LogP contribution is -3.00. The number of nitrogens with one attached hydrogen (secondary N) is 2. The van der Waals surface area contributed by atoms with E-state index in [0.717, 1.165) is 15.9 Å². The van der Waals surface area contributed by atoms with Gasteiger partial charge in [-0.05, 0) is 57.2 Å². The summed E-state index contributed by atoms with van der Waals surface area (Å²) in [7, 11) is -2.60. The zero-order valence-corrected chi connectivity index (χ0v) is 21.3. The van der Waals surface area contributed by atoms with Crippen molar-refractivity contribution in [2.24, 2.45) is 0 Å². The Morgan fingerprint density at radius 1 is 0.719 bits per heavy atom. The minimum atomic E-state index is -2.60. The molecule has 0 saturated carbocycles. The van der Waals surface area contributed by atoms with Gasteiger partial charge < -0.3 is 17.7 Å². The van der Waals surface area contributed by atoms with Crippen LogP contribution in [0.5, 0.6) is 0 Å². The Balaban J connectivity index is 0.00000363. The van der Waals surface area contributed by atoms with E-state index in [1.807, 2.05) is 75.4 Å². The van der Waals surface area contributed by atoms with Gasteiger partial charge in [-0.3, -0.25) is 5.32 Å². The topological polar surface area (TPSA) is 41.1 Å². The fraction of sp³-hybridized carbons (Fsp3) is 0.160. The van der Waals surface area contributed by atoms with Gasteiger partial charge in [-0.15, -0.1) is 0 Å². The molecule has 0 aliphatic carbocycles. The molecule has 0 radical (unpaired) electrons. The molecule has 0 saturated heterocycles. The Kier molecular flexibility index (Phi) is 9.18. The maximum absolute atomic E-state index is 13.0. The van der Waals surface area contributed by atoms with E-state index in [1.165, 1.54) is 0 Å². The first kappa shape index (κ1) is 26.2. The molecule has 0 aliphatic rings. The molecular weight excluding hydrogens is 482 g/mol. The van der Waals surface area contributed by atoms with Gasteiger partial charge in [0, 0.05) is 5.54 Å². The molecule has 3 rings (SSSR count). The first-order valence-electron chi connectivity index (χ1n) is 9.96. The first-order valence-corrected chi connectivity index (χ1v) is 12.5. The number of carbonyl (C=O) groups is 1. The van der Waals surface area contributed by atoms with Crippen LogP contribution in [0.15, 0.2) is 101 Å². The Morgan fingerprint density at radius 3 is 1.34 bits per heavy atom. The number of amides is 2. The van der Waals surface area contributed by atoms with Crippen LogP contribution < -0.4 is 39.0 Å². The van der Waals surface area contributed by atoms with Gasteiger partial charge >= 0.3 is 6.03 Å². The summed E-state index contributed by atoms with van der Waals surface area (Å²) in [6.45, 7) is 5.77. The molecule has 0 unspecified atom stereocenters. The summed E-state index contributed by atoms with van der Waals surface area (Å²) < 4.78 is 0.0361. The predicted octanol–water partition coefficient (Wildman–Crippen LogP) is 2.69. The molecule has 3 aromatic rings. The second-order valence-corrected chi connectivity index (χ2v) is 12.4. The molecule has 32 heavy (non-hydrogen) atoms. The van der Waals surface area contributed by atoms with Gasteiger partial charge in [0.05, 0.1) is 0 Å². The van der Waals surface area contributed by atoms with Crippen molar-refractivity contribution in [1.29, 1.82) is 0 Å². The van der Waals surface area contributed by atoms with Gasteiger partial charge in [0.25, 0.3) is 0 Å². The van der Waals surface area contributed by atoms with E-state index in [2.05, 4.69) is 47.0 Å². The van der Waals surface area contributed by atoms with Crippen LogP contribution in [0, 0.1) is 0 Å². The van der Waals surface area contributed by atoms with E-state index in [1.54, 1.807) is 0 Å². The third kappa shape index (κ3) is 5.85. The van der Waals surface area contributed by atoms with Crippen LogP contribution in [0.2, 0.25) is 0 Å². The Hall–Kier alpha value is -2.03. The highest BCUT2D eigenvalue weighted by atomic mass is 35.5. The lowest BCUT2D eigenvalue weighted by molar-refractivity contribution is -0.0000106. The zero-order valence-electron chi connectivity index (χ0n) is 18.1. The van der Waals surface area contributed by atoms with E-state index >= 15 is 0 Å². The smallest absolute Gasteiger partial charge is 0.322 e. The summed E-state index contributed by atoms with van der Waals surface area (Å²) in [5, 5.41) is 9.09. The van der Waals surface area contributed by atoms with Crippen molar-refractivity contribution in [3.05, 3.63) is 101 Å². The van der Waals surface area contributed by atoms with Gasteiger partial charge in [-0.25, -0.2) is 4.79 Å². The van der Waals surface area contributed by atoms with Crippen LogP contribution >= 0.6 is 30.5 Å². The van der Waals surface area contributed by atoms with Crippen molar-refractivity contribution in [3.8, 4) is 0 Å². The van der Waals surface area contributed by atoms with E-state index in [0.29, 0.717) is 5.44 Å². The van der Waals surface area contributed by atoms with Crippen molar-refractivity contribution in [2.45, 2.75) is 26.3 Å². The summed E-state index contributed by atoms with van der Waals surface area (Å²) >= 11 is 13.0. The third-order valence-electron chi connectivity index (χ3n) is 4.67. The van der Waals surface area contributed by atoms with Crippen molar-refractivity contribution < 1.29 is 17.2 Å². The molecule has 0 spiro atoms. The van der Waals surface area contributed by atoms with Gasteiger partial charge in [-0.1, -0.05) is 77.8 Å². The van der Waals surface area contributed by atoms with Crippen LogP contribution in [-0.2, 0) is 0 Å². The number of hydrogen-bond acceptors (Lipinski definition) is 1. The molecule has 0 fully saturated rings. The Morgan fingerprint density at radius 2 is 1.06 bits per heavy atom. The SMILES string of the molecule is CC(C)(C)NC(=O)NC(=C(Cl)Cl)[P+](c1ccccc1)(c1ccccc1)c1ccccc1.[Cl-]. The number of rotatable bonds is 5. The lowest BCUT2D eigenvalue weighted by Gasteiger charge is -2.30. The van der Waals surface area contributed by atoms with Gasteiger partial charge in [0.15, 0.2) is 11.8 Å². The summed E-state index contributed by atoms with van der Waals surface area (Å²) in [5.74, 6) is 0. The minimum Gasteiger partial charge on any atom is -1.00 e. The van der Waals surface area contributed by atoms with Gasteiger partial charge in [0.2, 0.25) is 5.44 Å². The maximum atomic E-state index is 13.0. The number of benzene rings is 3. The number of halogens is 3. The van der Waals surface area contributed by atoms with Crippen LogP contribution in [0.3, 0.4) is 0 Å². The fourth-order valence-electron chi connectivity index (χ4n) is 3.53. The zero-order chi connectivity index (χ0) is 22.5. The van der Waals surface area contributed by atoms with Crippen LogP contribution in [0.1, 0.15) is 20.8 Å². The van der Waals surface area contributed by atoms with Crippen molar-refractivity contribution >= 4 is 52.4 Å². The van der Waals surface area contributed by atoms with E-state index in [4.69, 9.17) is 23.2 Å². The molecule has 0 aromatic heterocycles. The van der Waals surface area contributed by atoms with Crippen molar-refractivity contribution in [3.63, 3.8) is 0 Å². The van der Waals surface area contributed by atoms with Crippen LogP contribution in [-0.4, -0.2) is 11.6 Å². The third-order valence-corrected chi connectivity index (χ3v) is 9.53. The molecular formula is C25H26Cl3N2OP. The minimum absolute atomic E-state index is 0. The maximum Gasteiger partial charge on any atom is 0.322 e. The highest BCUT2D eigenvalue weighted by Crippen LogP contribution is 2.62. The molecule has 0 heterocycles. The largest absolute Gasteiger partial charge is 1.00 e. The summed E-state index contributed by atoms with van der Waals surface area (Å²) in [4.78, 5) is 13.0. The number of hydrogen-bond donors (Lipinski definition) is 2. The summed E-state index contributed by atoms with van der Waals surface area (Å²) in [5.41, 5.74) is 0.0857. The molecule has 0 bridgehead atoms. The lowest BCUT2D eigenvalue weighted by atomic mass is 10.1. The molecule has 7 heteroatoms. The fourth-order valence-corrected chi connectivity index (χ4v) is 8.43. The van der Waals surface area contributed by atoms with Crippen molar-refractivity contribution in [1.82, 2.24) is 10.6 Å². The average molecular weight is 508 g/mol. The summed E-state index contributed by atoms with van der Waals surface area (Å²) in [6, 6.07) is 29.9. The van der Waals surface area contributed by atoms with Crippen LogP contribution in [0.4, 0.5) is 4.79 Å². The summed E-state index contributed by atoms with van der Waals surface area (Å²) in [6.07, 6.45) is 0. The normalized spacial score (nSPS) is 11.2. The molecule has 3 aromatic carbocycles. The van der Waals surface area contributed by atoms with E-state index in [9.17, 15) is 4.79 Å². The Labute approximate surface area is 207 Å². The van der Waals surface area contributed by atoms with Gasteiger partial charge in [0.1, 0.15) is 15.9 Å². The molecule has 0 aliphatic heterocycles. The molecule has 2 amide bonds. The van der Waals surface area contributed by atoms with E-state index < -0.39 is 12.8 Å². The number of urea groups is 1. The predicted molar refractivity (Wildman–Crippen MR) is 135 cm³/mol. The highest BCUT2D eigenvalue weighted by Gasteiger charge is 2.52. The van der Waals surface area contributed by atoms with E-state index in [-0.39, 0.29) is 22.9 Å². The number of carbonyl (C=O) groups excluding carboxylic acids is 1. The average Bonchev–Trinajstić information content (AvgIpc) is 2.74. The Bertz CT molecular complexity index is 952. The monoisotopic (exact) mass is 506 g/mol. The van der Waals surface area contributed by atoms with Crippen LogP contribution in [0.25, 0.3) is 0 Å². The molecule has 3 nitrogen and oxygen atoms in total. The second-order valence-electron chi connectivity index (χ2n) is 8.12. The quantitative estimate of drug-likeness (QED) is 0.513. The highest BCUT2D eigenvalue weighted by molar-refractivity contribution is 7.99. The standard InChI is InChI=1S/C25H25Cl2N2OP.ClH/c1-25(2,3)29-24(30)28-23(22(26)27)31(19-13-7-4-8-14-19,20-15-9-5-10-16-20)21-17-11-6-12-18-21;/h4-18H,1-3H3,(H-,28,29,30);1H. The first-order chi connectivity index (χ1) is 14.7. The van der Waals surface area contributed by atoms with Gasteiger partial charge in [-0.2, -0.15) is 0 Å². The second kappa shape index (κ2) is 11.2. The molecule has 168 valence electrons.